The van der Waals surface area contributed by atoms with E-state index < -0.39 is 13.4 Å². The van der Waals surface area contributed by atoms with Gasteiger partial charge in [0, 0.05) is 0 Å². The van der Waals surface area contributed by atoms with Gasteiger partial charge in [0.05, 0.1) is 0 Å². The minimum Gasteiger partial charge on any atom is -1.00 e. The van der Waals surface area contributed by atoms with Gasteiger partial charge < -0.3 is 30.8 Å². The van der Waals surface area contributed by atoms with Crippen molar-refractivity contribution >= 4 is 37.1 Å². The Bertz CT molecular complexity index is 144. The normalized spacial score (nSPS) is 9.54. The summed E-state index contributed by atoms with van der Waals surface area (Å²) < 4.78 is 0. The molecule has 0 fully saturated rings. The standard InChI is InChI=1S/C2H6.Na.2H3O3PS.H/c1-2;;2*1-4(2,3)5;/h1-2H3;;2*(H3,1,2,3,5);/q;+1;;;-1. The van der Waals surface area contributed by atoms with Crippen LogP contribution in [0.2, 0.25) is 0 Å². The van der Waals surface area contributed by atoms with E-state index in [2.05, 4.69) is 23.6 Å². The van der Waals surface area contributed by atoms with Crippen LogP contribution in [-0.4, -0.2) is 29.4 Å². The van der Waals surface area contributed by atoms with Crippen LogP contribution >= 0.6 is 13.4 Å². The summed E-state index contributed by atoms with van der Waals surface area (Å²) in [5.74, 6) is 0. The van der Waals surface area contributed by atoms with E-state index in [1.54, 1.807) is 0 Å². The Kier molecular flexibility index (Phi) is 22.7. The Morgan fingerprint density at radius 3 is 0.769 bits per heavy atom. The molecule has 0 unspecified atom stereocenters. The van der Waals surface area contributed by atoms with Crippen LogP contribution in [0.25, 0.3) is 0 Å². The molecule has 0 aliphatic rings. The van der Waals surface area contributed by atoms with Crippen LogP contribution in [0.4, 0.5) is 0 Å². The van der Waals surface area contributed by atoms with Gasteiger partial charge in [0.25, 0.3) is 0 Å². The molecule has 11 heteroatoms. The molecule has 13 heavy (non-hydrogen) atoms. The summed E-state index contributed by atoms with van der Waals surface area (Å²) in [5.41, 5.74) is 0. The molecule has 0 aromatic carbocycles. The third kappa shape index (κ3) is 482. The zero-order valence-corrected chi connectivity index (χ0v) is 12.8. The summed E-state index contributed by atoms with van der Waals surface area (Å²) in [4.78, 5) is 45.3. The molecule has 0 aromatic heterocycles. The second kappa shape index (κ2) is 12.1. The summed E-state index contributed by atoms with van der Waals surface area (Å²) in [6, 6.07) is 0. The van der Waals surface area contributed by atoms with Crippen LogP contribution in [0, 0.1) is 0 Å². The maximum Gasteiger partial charge on any atom is 1.00 e. The molecule has 0 atom stereocenters. The van der Waals surface area contributed by atoms with E-state index in [0.29, 0.717) is 0 Å². The van der Waals surface area contributed by atoms with Gasteiger partial charge >= 0.3 is 43.0 Å². The fraction of sp³-hybridized carbons (Fsp3) is 1.00. The van der Waals surface area contributed by atoms with Crippen molar-refractivity contribution in [3.8, 4) is 0 Å². The topological polar surface area (TPSA) is 121 Å². The van der Waals surface area contributed by atoms with Gasteiger partial charge in [0.15, 0.2) is 0 Å². The van der Waals surface area contributed by atoms with Gasteiger partial charge in [0.2, 0.25) is 0 Å². The van der Waals surface area contributed by atoms with Crippen LogP contribution in [0.5, 0.6) is 0 Å². The Hall–Kier alpha value is 2.06. The molecule has 0 bridgehead atoms. The van der Waals surface area contributed by atoms with Gasteiger partial charge in [-0.1, -0.05) is 13.8 Å². The Labute approximate surface area is 111 Å². The van der Waals surface area contributed by atoms with Crippen molar-refractivity contribution < 1.29 is 60.3 Å². The smallest absolute Gasteiger partial charge is 1.00 e. The third-order valence-corrected chi connectivity index (χ3v) is 0. The Morgan fingerprint density at radius 1 is 0.769 bits per heavy atom. The van der Waals surface area contributed by atoms with Gasteiger partial charge in [-0.15, -0.1) is 0 Å². The number of hydrogen-bond donors (Lipinski definition) is 6. The summed E-state index contributed by atoms with van der Waals surface area (Å²) in [6.07, 6.45) is 0. The number of hydrogen-bond acceptors (Lipinski definition) is 2. The summed E-state index contributed by atoms with van der Waals surface area (Å²) in [6.45, 7) is -3.61. The first-order valence-corrected chi connectivity index (χ1v) is 7.89. The molecule has 0 rings (SSSR count). The van der Waals surface area contributed by atoms with Gasteiger partial charge in [-0.3, -0.25) is 0 Å². The van der Waals surface area contributed by atoms with E-state index in [0.717, 1.165) is 0 Å². The van der Waals surface area contributed by atoms with Gasteiger partial charge in [-0.05, 0) is 23.6 Å². The summed E-state index contributed by atoms with van der Waals surface area (Å²) in [7, 11) is 0. The van der Waals surface area contributed by atoms with E-state index in [1.165, 1.54) is 0 Å². The molecular formula is C2H13NaO6P2S2. The molecule has 0 aliphatic carbocycles. The van der Waals surface area contributed by atoms with Crippen molar-refractivity contribution in [2.24, 2.45) is 0 Å². The fourth-order valence-corrected chi connectivity index (χ4v) is 0. The van der Waals surface area contributed by atoms with Crippen molar-refractivity contribution in [2.45, 2.75) is 13.8 Å². The summed E-state index contributed by atoms with van der Waals surface area (Å²) >= 11 is 7.21. The Morgan fingerprint density at radius 2 is 0.769 bits per heavy atom. The van der Waals surface area contributed by atoms with E-state index in [-0.39, 0.29) is 31.0 Å². The molecule has 0 heterocycles. The quantitative estimate of drug-likeness (QED) is 0.200. The summed E-state index contributed by atoms with van der Waals surface area (Å²) in [5, 5.41) is 0. The molecule has 6 nitrogen and oxygen atoms in total. The molecule has 0 radical (unpaired) electrons. The zero-order valence-electron chi connectivity index (χ0n) is 8.39. The van der Waals surface area contributed by atoms with Gasteiger partial charge in [-0.25, -0.2) is 0 Å². The zero-order chi connectivity index (χ0) is 11.0. The van der Waals surface area contributed by atoms with E-state index in [1.807, 2.05) is 13.8 Å². The first kappa shape index (κ1) is 24.3. The first-order valence-electron chi connectivity index (χ1n) is 2.57. The van der Waals surface area contributed by atoms with Crippen LogP contribution in [0.3, 0.4) is 0 Å². The molecule has 0 aromatic rings. The van der Waals surface area contributed by atoms with Crippen molar-refractivity contribution in [2.75, 3.05) is 0 Å². The molecule has 0 saturated heterocycles. The van der Waals surface area contributed by atoms with Gasteiger partial charge in [-0.2, -0.15) is 0 Å². The molecule has 0 saturated carbocycles. The second-order valence-electron chi connectivity index (χ2n) is 1.03. The predicted molar refractivity (Wildman–Crippen MR) is 54.3 cm³/mol. The second-order valence-corrected chi connectivity index (χ2v) is 6.02. The molecule has 6 N–H and O–H groups in total. The molecule has 0 amide bonds. The molecule has 80 valence electrons. The minimum absolute atomic E-state index is 0. The predicted octanol–water partition coefficient (Wildman–Crippen LogP) is -3.48. The average molecular weight is 282 g/mol. The van der Waals surface area contributed by atoms with Crippen molar-refractivity contribution in [1.29, 1.82) is 0 Å². The minimum atomic E-state index is -3.81. The van der Waals surface area contributed by atoms with Crippen molar-refractivity contribution in [3.63, 3.8) is 0 Å². The van der Waals surface area contributed by atoms with Crippen LogP contribution in [0.1, 0.15) is 15.3 Å². The Balaban J connectivity index is -0.0000000292. The maximum absolute atomic E-state index is 7.56. The van der Waals surface area contributed by atoms with E-state index in [4.69, 9.17) is 29.4 Å². The third-order valence-electron chi connectivity index (χ3n) is 0. The van der Waals surface area contributed by atoms with Crippen molar-refractivity contribution in [3.05, 3.63) is 0 Å². The maximum atomic E-state index is 7.56. The van der Waals surface area contributed by atoms with Gasteiger partial charge in [0.1, 0.15) is 0 Å². The molecule has 0 aliphatic heterocycles. The van der Waals surface area contributed by atoms with Crippen LogP contribution in [0.15, 0.2) is 0 Å². The van der Waals surface area contributed by atoms with E-state index in [9.17, 15) is 0 Å². The van der Waals surface area contributed by atoms with Crippen LogP contribution in [-0.2, 0) is 23.6 Å². The monoisotopic (exact) mass is 282 g/mol. The average Bonchev–Trinajstić information content (AvgIpc) is 1.59. The van der Waals surface area contributed by atoms with Crippen molar-refractivity contribution in [1.82, 2.24) is 0 Å². The molecule has 0 spiro atoms. The van der Waals surface area contributed by atoms with Crippen LogP contribution < -0.4 is 29.6 Å². The van der Waals surface area contributed by atoms with E-state index >= 15 is 0 Å². The molecular weight excluding hydrogens is 269 g/mol. The first-order chi connectivity index (χ1) is 5.00. The largest absolute Gasteiger partial charge is 1.00 e. The number of rotatable bonds is 0. The SMILES string of the molecule is CC.OP(O)(O)=S.OP(O)(O)=S.[H-].[Na+]. The fourth-order valence-electron chi connectivity index (χ4n) is 0.